The van der Waals surface area contributed by atoms with E-state index in [9.17, 15) is 13.2 Å². The summed E-state index contributed by atoms with van der Waals surface area (Å²) in [6.45, 7) is 0. The van der Waals surface area contributed by atoms with Crippen molar-refractivity contribution in [1.29, 1.82) is 0 Å². The molecule has 206 valence electrons. The fourth-order valence-electron chi connectivity index (χ4n) is 3.55. The maximum Gasteiger partial charge on any atom is 0.237 e. The number of carbonyl (C=O) groups excluding carboxylic acids is 1. The lowest BCUT2D eigenvalue weighted by atomic mass is 10.1. The summed E-state index contributed by atoms with van der Waals surface area (Å²) in [6, 6.07) is 11.6. The lowest BCUT2D eigenvalue weighted by molar-refractivity contribution is 0.104. The number of anilines is 1. The second kappa shape index (κ2) is 13.3. The minimum Gasteiger partial charge on any atom is -0.497 e. The van der Waals surface area contributed by atoms with Crippen molar-refractivity contribution in [2.75, 3.05) is 40.9 Å². The predicted molar refractivity (Wildman–Crippen MR) is 149 cm³/mol. The molecule has 1 heterocycles. The minimum atomic E-state index is -3.72. The van der Waals surface area contributed by atoms with Crippen LogP contribution in [0.4, 0.5) is 5.69 Å². The number of hydrogen-bond donors (Lipinski definition) is 1. The van der Waals surface area contributed by atoms with Crippen LogP contribution < -0.4 is 29.0 Å². The Morgan fingerprint density at radius 1 is 0.872 bits per heavy atom. The molecule has 0 radical (unpaired) electrons. The molecule has 0 aliphatic heterocycles. The van der Waals surface area contributed by atoms with Gasteiger partial charge in [0.1, 0.15) is 28.7 Å². The molecule has 0 saturated carbocycles. The molecule has 0 amide bonds. The van der Waals surface area contributed by atoms with Crippen molar-refractivity contribution >= 4 is 27.4 Å². The highest BCUT2D eigenvalue weighted by Gasteiger charge is 2.15. The van der Waals surface area contributed by atoms with E-state index < -0.39 is 9.84 Å². The van der Waals surface area contributed by atoms with Crippen LogP contribution in [0.5, 0.6) is 28.9 Å². The van der Waals surface area contributed by atoms with Gasteiger partial charge in [-0.15, -0.1) is 0 Å². The lowest BCUT2D eigenvalue weighted by Gasteiger charge is -2.12. The first-order valence-corrected chi connectivity index (χ1v) is 13.3. The predicted octanol–water partition coefficient (Wildman–Crippen LogP) is 4.52. The normalized spacial score (nSPS) is 11.4. The van der Waals surface area contributed by atoms with Crippen molar-refractivity contribution in [3.8, 4) is 28.9 Å². The fraction of sp³-hybridized carbons (Fsp3) is 0.214. The summed E-state index contributed by atoms with van der Waals surface area (Å²) in [5.74, 6) is 1.62. The van der Waals surface area contributed by atoms with E-state index in [-0.39, 0.29) is 17.4 Å². The van der Waals surface area contributed by atoms with Crippen molar-refractivity contribution in [3.05, 3.63) is 83.0 Å². The molecule has 1 aromatic heterocycles. The van der Waals surface area contributed by atoms with E-state index >= 15 is 0 Å². The number of methoxy groups -OCH3 is 5. The molecule has 2 aromatic carbocycles. The Kier molecular flexibility index (Phi) is 9.93. The van der Waals surface area contributed by atoms with Gasteiger partial charge in [0.2, 0.25) is 5.88 Å². The molecular formula is C28H30N2O8S. The van der Waals surface area contributed by atoms with Crippen molar-refractivity contribution < 1.29 is 36.9 Å². The zero-order valence-electron chi connectivity index (χ0n) is 22.3. The van der Waals surface area contributed by atoms with Gasteiger partial charge < -0.3 is 29.0 Å². The standard InChI is InChI=1S/C28H30N2O8S/c1-34-21-8-6-20(7-9-21)25(31)10-12-29-24-14-19(17-30-28(24)38-5)18-39(32,33)13-11-23-26(36-3)15-22(35-2)16-27(23)37-4/h6-17,29H,18H2,1-5H3/b12-10-,13-11+. The Balaban J connectivity index is 1.77. The van der Waals surface area contributed by atoms with Crippen LogP contribution in [0, 0.1) is 0 Å². The van der Waals surface area contributed by atoms with Gasteiger partial charge in [0.25, 0.3) is 0 Å². The average Bonchev–Trinajstić information content (AvgIpc) is 2.95. The van der Waals surface area contributed by atoms with E-state index in [0.717, 1.165) is 5.41 Å². The van der Waals surface area contributed by atoms with Crippen molar-refractivity contribution in [1.82, 2.24) is 4.98 Å². The molecule has 0 aliphatic carbocycles. The smallest absolute Gasteiger partial charge is 0.237 e. The van der Waals surface area contributed by atoms with E-state index in [2.05, 4.69) is 10.3 Å². The number of aromatic nitrogens is 1. The summed E-state index contributed by atoms with van der Waals surface area (Å²) < 4.78 is 52.2. The Hall–Kier alpha value is -4.51. The average molecular weight is 555 g/mol. The third-order valence-corrected chi connectivity index (χ3v) is 6.80. The van der Waals surface area contributed by atoms with Crippen molar-refractivity contribution in [3.63, 3.8) is 0 Å². The van der Waals surface area contributed by atoms with Crippen LogP contribution in [0.3, 0.4) is 0 Å². The van der Waals surface area contributed by atoms with Crippen LogP contribution in [-0.2, 0) is 15.6 Å². The number of carbonyl (C=O) groups is 1. The van der Waals surface area contributed by atoms with Crippen LogP contribution >= 0.6 is 0 Å². The third kappa shape index (κ3) is 7.74. The van der Waals surface area contributed by atoms with Gasteiger partial charge in [0.05, 0.1) is 46.9 Å². The molecule has 0 unspecified atom stereocenters. The van der Waals surface area contributed by atoms with Crippen LogP contribution in [-0.4, -0.2) is 54.7 Å². The summed E-state index contributed by atoms with van der Waals surface area (Å²) in [7, 11) is 3.71. The lowest BCUT2D eigenvalue weighted by Crippen LogP contribution is -2.04. The zero-order chi connectivity index (χ0) is 28.4. The molecule has 0 atom stereocenters. The van der Waals surface area contributed by atoms with Gasteiger partial charge in [-0.2, -0.15) is 0 Å². The van der Waals surface area contributed by atoms with E-state index in [1.807, 2.05) is 0 Å². The molecule has 3 rings (SSSR count). The molecule has 0 bridgehead atoms. The Labute approximate surface area is 227 Å². The largest absolute Gasteiger partial charge is 0.497 e. The molecule has 0 aliphatic rings. The summed E-state index contributed by atoms with van der Waals surface area (Å²) in [5, 5.41) is 4.03. The fourth-order valence-corrected chi connectivity index (χ4v) is 4.61. The van der Waals surface area contributed by atoms with Crippen molar-refractivity contribution in [2.45, 2.75) is 5.75 Å². The molecule has 3 aromatic rings. The van der Waals surface area contributed by atoms with Crippen LogP contribution in [0.25, 0.3) is 6.08 Å². The highest BCUT2D eigenvalue weighted by atomic mass is 32.2. The van der Waals surface area contributed by atoms with Gasteiger partial charge in [-0.3, -0.25) is 4.79 Å². The Bertz CT molecular complexity index is 1440. The molecule has 0 saturated heterocycles. The number of benzene rings is 2. The summed E-state index contributed by atoms with van der Waals surface area (Å²) in [6.07, 6.45) is 5.61. The van der Waals surface area contributed by atoms with E-state index in [4.69, 9.17) is 23.7 Å². The molecule has 0 fully saturated rings. The zero-order valence-corrected chi connectivity index (χ0v) is 23.1. The molecule has 1 N–H and O–H groups in total. The topological polar surface area (TPSA) is 122 Å². The van der Waals surface area contributed by atoms with Crippen LogP contribution in [0.1, 0.15) is 21.5 Å². The summed E-state index contributed by atoms with van der Waals surface area (Å²) in [4.78, 5) is 16.6. The van der Waals surface area contributed by atoms with Gasteiger partial charge in [0, 0.05) is 41.6 Å². The van der Waals surface area contributed by atoms with Crippen LogP contribution in [0.15, 0.2) is 66.3 Å². The Morgan fingerprint density at radius 3 is 2.08 bits per heavy atom. The molecule has 11 heteroatoms. The quantitative estimate of drug-likeness (QED) is 0.238. The summed E-state index contributed by atoms with van der Waals surface area (Å²) >= 11 is 0. The molecule has 39 heavy (non-hydrogen) atoms. The van der Waals surface area contributed by atoms with Crippen molar-refractivity contribution in [2.24, 2.45) is 0 Å². The number of nitrogens with zero attached hydrogens (tertiary/aromatic N) is 1. The molecule has 10 nitrogen and oxygen atoms in total. The highest BCUT2D eigenvalue weighted by molar-refractivity contribution is 7.93. The van der Waals surface area contributed by atoms with Gasteiger partial charge in [-0.25, -0.2) is 13.4 Å². The van der Waals surface area contributed by atoms with E-state index in [1.165, 1.54) is 53.0 Å². The van der Waals surface area contributed by atoms with Gasteiger partial charge in [-0.1, -0.05) is 0 Å². The van der Waals surface area contributed by atoms with Gasteiger partial charge in [0.15, 0.2) is 15.6 Å². The number of nitrogens with one attached hydrogen (secondary N) is 1. The first-order chi connectivity index (χ1) is 18.7. The first-order valence-electron chi connectivity index (χ1n) is 11.6. The van der Waals surface area contributed by atoms with Gasteiger partial charge in [-0.05, 0) is 42.0 Å². The number of hydrogen-bond acceptors (Lipinski definition) is 10. The van der Waals surface area contributed by atoms with E-state index in [1.54, 1.807) is 49.6 Å². The maximum atomic E-state index is 12.9. The van der Waals surface area contributed by atoms with Crippen LogP contribution in [0.2, 0.25) is 0 Å². The first kappa shape index (κ1) is 29.1. The SMILES string of the molecule is COc1ccc(C(=O)/C=C\Nc2cc(CS(=O)(=O)/C=C/c3c(OC)cc(OC)cc3OC)cnc2OC)cc1. The van der Waals surface area contributed by atoms with E-state index in [0.29, 0.717) is 45.4 Å². The highest BCUT2D eigenvalue weighted by Crippen LogP contribution is 2.35. The number of ether oxygens (including phenoxy) is 5. The second-order valence-electron chi connectivity index (χ2n) is 8.03. The number of pyridine rings is 1. The number of allylic oxidation sites excluding steroid dienone is 1. The third-order valence-electron chi connectivity index (χ3n) is 5.51. The minimum absolute atomic E-state index is 0.231. The summed E-state index contributed by atoms with van der Waals surface area (Å²) in [5.41, 5.74) is 1.74. The molecular weight excluding hydrogens is 524 g/mol. The number of ketones is 1. The molecule has 0 spiro atoms. The maximum absolute atomic E-state index is 12.9. The number of sulfone groups is 1. The monoisotopic (exact) mass is 554 g/mol. The Morgan fingerprint density at radius 2 is 1.51 bits per heavy atom. The number of rotatable bonds is 13. The second-order valence-corrected chi connectivity index (χ2v) is 9.91. The van der Waals surface area contributed by atoms with Gasteiger partial charge >= 0.3 is 0 Å².